The maximum atomic E-state index is 12.3. The van der Waals surface area contributed by atoms with Crippen LogP contribution in [0.3, 0.4) is 0 Å². The molecule has 1 aliphatic carbocycles. The molecule has 4 heteroatoms. The maximum Gasteiger partial charge on any atom is 0.233 e. The Hall–Kier alpha value is -0.670. The summed E-state index contributed by atoms with van der Waals surface area (Å²) in [6, 6.07) is 8.01. The average Bonchev–Trinajstić information content (AvgIpc) is 2.43. The Labute approximate surface area is 130 Å². The molecule has 1 N–H and O–H groups in total. The first-order chi connectivity index (χ1) is 9.58. The highest BCUT2D eigenvalue weighted by molar-refractivity contribution is 8.00. The average molecular weight is 312 g/mol. The molecule has 0 radical (unpaired) electrons. The minimum atomic E-state index is -0.121. The first-order valence-corrected chi connectivity index (χ1v) is 8.55. The summed E-state index contributed by atoms with van der Waals surface area (Å²) in [6.45, 7) is 4.17. The molecule has 0 saturated heterocycles. The van der Waals surface area contributed by atoms with E-state index < -0.39 is 0 Å². The number of amides is 1. The van der Waals surface area contributed by atoms with E-state index in [1.807, 2.05) is 31.2 Å². The number of carbonyl (C=O) groups excluding carboxylic acids is 1. The molecule has 2 rings (SSSR count). The Balaban J connectivity index is 1.90. The zero-order chi connectivity index (χ0) is 14.5. The van der Waals surface area contributed by atoms with Crippen molar-refractivity contribution in [2.45, 2.75) is 55.7 Å². The van der Waals surface area contributed by atoms with E-state index in [9.17, 15) is 4.79 Å². The van der Waals surface area contributed by atoms with Gasteiger partial charge in [-0.15, -0.1) is 11.8 Å². The summed E-state index contributed by atoms with van der Waals surface area (Å²) in [5.41, 5.74) is 0. The van der Waals surface area contributed by atoms with Crippen LogP contribution in [-0.4, -0.2) is 17.2 Å². The fraction of sp³-hybridized carbons (Fsp3) is 0.562. The van der Waals surface area contributed by atoms with E-state index in [-0.39, 0.29) is 11.2 Å². The highest BCUT2D eigenvalue weighted by Crippen LogP contribution is 2.30. The fourth-order valence-corrected chi connectivity index (χ4v) is 3.78. The van der Waals surface area contributed by atoms with Crippen molar-refractivity contribution < 1.29 is 4.79 Å². The quantitative estimate of drug-likeness (QED) is 0.829. The van der Waals surface area contributed by atoms with Gasteiger partial charge in [-0.05, 0) is 37.8 Å². The summed E-state index contributed by atoms with van der Waals surface area (Å²) >= 11 is 7.66. The molecule has 1 amide bonds. The molecule has 0 bridgehead atoms. The number of carbonyl (C=O) groups is 1. The first kappa shape index (κ1) is 15.7. The normalized spacial score (nSPS) is 24.1. The molecule has 0 heterocycles. The third-order valence-electron chi connectivity index (χ3n) is 3.95. The predicted octanol–water partition coefficient (Wildman–Crippen LogP) is 4.52. The van der Waals surface area contributed by atoms with Crippen LogP contribution in [0.25, 0.3) is 0 Å². The standard InChI is InChI=1S/C16H22ClNOS/c1-11-7-3-5-9-14(11)18-16(19)12(2)20-15-10-6-4-8-13(15)17/h4,6,8,10-12,14H,3,5,7,9H2,1-2H3,(H,18,19)/t11-,12-,14-/m1/s1. The van der Waals surface area contributed by atoms with Gasteiger partial charge in [0, 0.05) is 10.9 Å². The Morgan fingerprint density at radius 1 is 1.35 bits per heavy atom. The SMILES string of the molecule is C[C@@H]1CCCC[C@H]1NC(=O)[C@@H](C)Sc1ccccc1Cl. The lowest BCUT2D eigenvalue weighted by atomic mass is 9.86. The summed E-state index contributed by atoms with van der Waals surface area (Å²) in [5, 5.41) is 3.80. The van der Waals surface area contributed by atoms with Crippen LogP contribution >= 0.6 is 23.4 Å². The van der Waals surface area contributed by atoms with Gasteiger partial charge in [-0.2, -0.15) is 0 Å². The molecule has 1 saturated carbocycles. The van der Waals surface area contributed by atoms with Gasteiger partial charge in [-0.25, -0.2) is 0 Å². The molecule has 0 spiro atoms. The summed E-state index contributed by atoms with van der Waals surface area (Å²) in [6.07, 6.45) is 4.84. The van der Waals surface area contributed by atoms with Crippen LogP contribution in [-0.2, 0) is 4.79 Å². The number of rotatable bonds is 4. The van der Waals surface area contributed by atoms with Gasteiger partial charge < -0.3 is 5.32 Å². The molecule has 2 nitrogen and oxygen atoms in total. The van der Waals surface area contributed by atoms with Crippen LogP contribution in [0.2, 0.25) is 5.02 Å². The zero-order valence-corrected chi connectivity index (χ0v) is 13.6. The van der Waals surface area contributed by atoms with Crippen molar-refractivity contribution in [2.75, 3.05) is 0 Å². The third-order valence-corrected chi connectivity index (χ3v) is 5.57. The highest BCUT2D eigenvalue weighted by atomic mass is 35.5. The van der Waals surface area contributed by atoms with Gasteiger partial charge in [0.05, 0.1) is 10.3 Å². The topological polar surface area (TPSA) is 29.1 Å². The van der Waals surface area contributed by atoms with Gasteiger partial charge in [-0.3, -0.25) is 4.79 Å². The highest BCUT2D eigenvalue weighted by Gasteiger charge is 2.25. The smallest absolute Gasteiger partial charge is 0.233 e. The largest absolute Gasteiger partial charge is 0.352 e. The van der Waals surface area contributed by atoms with Crippen molar-refractivity contribution in [2.24, 2.45) is 5.92 Å². The number of halogens is 1. The molecule has 0 aromatic heterocycles. The lowest BCUT2D eigenvalue weighted by molar-refractivity contribution is -0.121. The molecular weight excluding hydrogens is 290 g/mol. The van der Waals surface area contributed by atoms with Crippen molar-refractivity contribution in [3.8, 4) is 0 Å². The van der Waals surface area contributed by atoms with E-state index in [1.54, 1.807) is 0 Å². The molecule has 1 aliphatic rings. The lowest BCUT2D eigenvalue weighted by Gasteiger charge is -2.30. The number of benzene rings is 1. The van der Waals surface area contributed by atoms with Gasteiger partial charge in [0.2, 0.25) is 5.91 Å². The van der Waals surface area contributed by atoms with Gasteiger partial charge in [0.1, 0.15) is 0 Å². The minimum absolute atomic E-state index is 0.119. The third kappa shape index (κ3) is 4.16. The Bertz CT molecular complexity index is 466. The summed E-state index contributed by atoms with van der Waals surface area (Å²) in [5.74, 6) is 0.707. The molecule has 1 aromatic carbocycles. The van der Waals surface area contributed by atoms with Gasteiger partial charge >= 0.3 is 0 Å². The van der Waals surface area contributed by atoms with Gasteiger partial charge in [0.25, 0.3) is 0 Å². The number of thioether (sulfide) groups is 1. The van der Waals surface area contributed by atoms with Crippen LogP contribution < -0.4 is 5.32 Å². The number of hydrogen-bond acceptors (Lipinski definition) is 2. The molecule has 0 aliphatic heterocycles. The van der Waals surface area contributed by atoms with E-state index in [0.717, 1.165) is 11.3 Å². The van der Waals surface area contributed by atoms with Crippen molar-refractivity contribution >= 4 is 29.3 Å². The molecule has 110 valence electrons. The monoisotopic (exact) mass is 311 g/mol. The summed E-state index contributed by atoms with van der Waals surface area (Å²) in [4.78, 5) is 13.3. The van der Waals surface area contributed by atoms with E-state index >= 15 is 0 Å². The Kier molecular flexibility index (Phi) is 5.79. The van der Waals surface area contributed by atoms with Gasteiger partial charge in [-0.1, -0.05) is 43.5 Å². The van der Waals surface area contributed by atoms with Crippen LogP contribution in [0, 0.1) is 5.92 Å². The van der Waals surface area contributed by atoms with Crippen molar-refractivity contribution in [3.05, 3.63) is 29.3 Å². The van der Waals surface area contributed by atoms with Crippen LogP contribution in [0.15, 0.2) is 29.2 Å². The number of nitrogens with one attached hydrogen (secondary N) is 1. The second-order valence-corrected chi connectivity index (χ2v) is 7.36. The Morgan fingerprint density at radius 2 is 2.05 bits per heavy atom. The molecular formula is C16H22ClNOS. The van der Waals surface area contributed by atoms with E-state index in [0.29, 0.717) is 17.0 Å². The van der Waals surface area contributed by atoms with Crippen molar-refractivity contribution in [1.29, 1.82) is 0 Å². The van der Waals surface area contributed by atoms with E-state index in [2.05, 4.69) is 12.2 Å². The molecule has 1 fully saturated rings. The van der Waals surface area contributed by atoms with E-state index in [4.69, 9.17) is 11.6 Å². The second kappa shape index (κ2) is 7.37. The predicted molar refractivity (Wildman–Crippen MR) is 86.3 cm³/mol. The van der Waals surface area contributed by atoms with Crippen molar-refractivity contribution in [3.63, 3.8) is 0 Å². The summed E-state index contributed by atoms with van der Waals surface area (Å²) in [7, 11) is 0. The molecule has 3 atom stereocenters. The fourth-order valence-electron chi connectivity index (χ4n) is 2.62. The van der Waals surface area contributed by atoms with Crippen molar-refractivity contribution in [1.82, 2.24) is 5.32 Å². The minimum Gasteiger partial charge on any atom is -0.352 e. The van der Waals surface area contributed by atoms with Crippen LogP contribution in [0.5, 0.6) is 0 Å². The zero-order valence-electron chi connectivity index (χ0n) is 12.1. The first-order valence-electron chi connectivity index (χ1n) is 7.29. The Morgan fingerprint density at radius 3 is 2.75 bits per heavy atom. The maximum absolute atomic E-state index is 12.3. The molecule has 0 unspecified atom stereocenters. The van der Waals surface area contributed by atoms with Gasteiger partial charge in [0.15, 0.2) is 0 Å². The van der Waals surface area contributed by atoms with E-state index in [1.165, 1.54) is 31.0 Å². The van der Waals surface area contributed by atoms with Crippen LogP contribution in [0.1, 0.15) is 39.5 Å². The van der Waals surface area contributed by atoms with Crippen LogP contribution in [0.4, 0.5) is 0 Å². The number of hydrogen-bond donors (Lipinski definition) is 1. The molecule has 20 heavy (non-hydrogen) atoms. The summed E-state index contributed by atoms with van der Waals surface area (Å²) < 4.78 is 0. The molecule has 1 aromatic rings. The lowest BCUT2D eigenvalue weighted by Crippen LogP contribution is -2.44. The second-order valence-electron chi connectivity index (χ2n) is 5.57.